The first kappa shape index (κ1) is 15.1. The highest BCUT2D eigenvalue weighted by atomic mass is 32.2. The highest BCUT2D eigenvalue weighted by molar-refractivity contribution is 8.13. The van der Waals surface area contributed by atoms with Gasteiger partial charge in [-0.25, -0.2) is 0 Å². The summed E-state index contributed by atoms with van der Waals surface area (Å²) in [6.07, 6.45) is 0.433. The predicted octanol–water partition coefficient (Wildman–Crippen LogP) is 2.04. The molecule has 1 aromatic carbocycles. The normalized spacial score (nSPS) is 9.53. The Balaban J connectivity index is 2.69. The molecule has 19 heavy (non-hydrogen) atoms. The molecule has 0 aliphatic heterocycles. The quantitative estimate of drug-likeness (QED) is 0.651. The molecule has 1 rings (SSSR count). The molecule has 0 aliphatic rings. The number of phenolic OH excluding ortho intramolecular Hbond substituents is 1. The van der Waals surface area contributed by atoms with Crippen LogP contribution in [0.4, 0.5) is 0 Å². The summed E-state index contributed by atoms with van der Waals surface area (Å²) in [4.78, 5) is 21.3. The molecule has 0 spiro atoms. The Morgan fingerprint density at radius 1 is 1.37 bits per heavy atom. The van der Waals surface area contributed by atoms with Crippen LogP contribution in [-0.2, 0) is 16.0 Å². The molecular formula is C14H14O4S. The van der Waals surface area contributed by atoms with Crippen molar-refractivity contribution in [3.05, 3.63) is 29.3 Å². The van der Waals surface area contributed by atoms with E-state index in [0.29, 0.717) is 23.3 Å². The number of carbonyl (C=O) groups excluding carboxylic acids is 1. The summed E-state index contributed by atoms with van der Waals surface area (Å²) in [6, 6.07) is 4.56. The predicted molar refractivity (Wildman–Crippen MR) is 74.1 cm³/mol. The van der Waals surface area contributed by atoms with Crippen LogP contribution in [0.25, 0.3) is 0 Å². The van der Waals surface area contributed by atoms with Crippen LogP contribution in [0.2, 0.25) is 0 Å². The molecule has 0 bridgehead atoms. The molecule has 0 radical (unpaired) electrons. The summed E-state index contributed by atoms with van der Waals surface area (Å²) in [5.41, 5.74) is 0.999. The second kappa shape index (κ2) is 7.49. The number of carboxylic acids is 1. The zero-order valence-electron chi connectivity index (χ0n) is 10.5. The van der Waals surface area contributed by atoms with Crippen molar-refractivity contribution < 1.29 is 19.8 Å². The second-order valence-electron chi connectivity index (χ2n) is 3.81. The van der Waals surface area contributed by atoms with E-state index in [9.17, 15) is 14.7 Å². The summed E-state index contributed by atoms with van der Waals surface area (Å²) < 4.78 is 0. The van der Waals surface area contributed by atoms with Crippen LogP contribution >= 0.6 is 11.8 Å². The fourth-order valence-corrected chi connectivity index (χ4v) is 1.86. The molecule has 0 atom stereocenters. The van der Waals surface area contributed by atoms with E-state index >= 15 is 0 Å². The first-order chi connectivity index (χ1) is 8.99. The average Bonchev–Trinajstić information content (AvgIpc) is 2.31. The fourth-order valence-electron chi connectivity index (χ4n) is 1.37. The van der Waals surface area contributed by atoms with Gasteiger partial charge in [-0.05, 0) is 17.7 Å². The smallest absolute Gasteiger partial charge is 0.307 e. The molecule has 0 fully saturated rings. The highest BCUT2D eigenvalue weighted by Gasteiger charge is 2.04. The number of aliphatic carboxylic acids is 1. The SMILES string of the molecule is CC(=O)SCCC#Cc1cc(CC(=O)O)ccc1O. The van der Waals surface area contributed by atoms with Crippen molar-refractivity contribution in [3.8, 4) is 17.6 Å². The fraction of sp³-hybridized carbons (Fsp3) is 0.286. The standard InChI is InChI=1S/C14H14O4S/c1-10(15)19-7-3-2-4-12-8-11(9-14(17)18)5-6-13(12)16/h5-6,8,16H,3,7,9H2,1H3,(H,17,18). The van der Waals surface area contributed by atoms with Gasteiger partial charge in [0.2, 0.25) is 0 Å². The van der Waals surface area contributed by atoms with E-state index in [1.165, 1.54) is 24.8 Å². The molecule has 1 aromatic rings. The number of hydrogen-bond donors (Lipinski definition) is 2. The number of carbonyl (C=O) groups is 2. The van der Waals surface area contributed by atoms with Gasteiger partial charge in [0.25, 0.3) is 0 Å². The van der Waals surface area contributed by atoms with E-state index in [1.54, 1.807) is 12.1 Å². The molecule has 0 saturated carbocycles. The van der Waals surface area contributed by atoms with Gasteiger partial charge in [-0.2, -0.15) is 0 Å². The summed E-state index contributed by atoms with van der Waals surface area (Å²) in [5.74, 6) is 5.34. The van der Waals surface area contributed by atoms with Crippen molar-refractivity contribution in [1.29, 1.82) is 0 Å². The van der Waals surface area contributed by atoms with Crippen LogP contribution in [0.5, 0.6) is 5.75 Å². The molecule has 0 aliphatic carbocycles. The van der Waals surface area contributed by atoms with Crippen LogP contribution in [0, 0.1) is 11.8 Å². The van der Waals surface area contributed by atoms with Crippen molar-refractivity contribution in [2.24, 2.45) is 0 Å². The molecule has 0 heterocycles. The minimum absolute atomic E-state index is 0.0286. The zero-order valence-corrected chi connectivity index (χ0v) is 11.3. The monoisotopic (exact) mass is 278 g/mol. The maximum absolute atomic E-state index is 10.7. The number of hydrogen-bond acceptors (Lipinski definition) is 4. The maximum Gasteiger partial charge on any atom is 0.307 e. The molecule has 100 valence electrons. The van der Waals surface area contributed by atoms with Gasteiger partial charge in [-0.1, -0.05) is 29.7 Å². The topological polar surface area (TPSA) is 74.6 Å². The van der Waals surface area contributed by atoms with E-state index in [4.69, 9.17) is 5.11 Å². The third-order valence-corrected chi connectivity index (χ3v) is 2.99. The first-order valence-electron chi connectivity index (χ1n) is 5.65. The van der Waals surface area contributed by atoms with Crippen LogP contribution in [0.1, 0.15) is 24.5 Å². The molecule has 0 amide bonds. The lowest BCUT2D eigenvalue weighted by molar-refractivity contribution is -0.136. The second-order valence-corrected chi connectivity index (χ2v) is 5.09. The van der Waals surface area contributed by atoms with Crippen molar-refractivity contribution >= 4 is 22.8 Å². The van der Waals surface area contributed by atoms with Gasteiger partial charge < -0.3 is 10.2 Å². The molecule has 5 heteroatoms. The minimum atomic E-state index is -0.928. The number of aromatic hydroxyl groups is 1. The Morgan fingerprint density at radius 3 is 2.74 bits per heavy atom. The average molecular weight is 278 g/mol. The number of phenols is 1. The van der Waals surface area contributed by atoms with E-state index in [0.717, 1.165) is 0 Å². The molecular weight excluding hydrogens is 264 g/mol. The first-order valence-corrected chi connectivity index (χ1v) is 6.63. The lowest BCUT2D eigenvalue weighted by atomic mass is 10.1. The Labute approximate surface area is 115 Å². The van der Waals surface area contributed by atoms with Crippen LogP contribution in [-0.4, -0.2) is 27.1 Å². The number of carboxylic acid groups (broad SMARTS) is 1. The minimum Gasteiger partial charge on any atom is -0.507 e. The number of rotatable bonds is 4. The lowest BCUT2D eigenvalue weighted by Crippen LogP contribution is -2.00. The van der Waals surface area contributed by atoms with E-state index in [2.05, 4.69) is 11.8 Å². The third kappa shape index (κ3) is 5.98. The van der Waals surface area contributed by atoms with Crippen molar-refractivity contribution in [2.75, 3.05) is 5.75 Å². The molecule has 4 nitrogen and oxygen atoms in total. The van der Waals surface area contributed by atoms with E-state index < -0.39 is 5.97 Å². The lowest BCUT2D eigenvalue weighted by Gasteiger charge is -2.00. The Bertz CT molecular complexity index is 540. The highest BCUT2D eigenvalue weighted by Crippen LogP contribution is 2.17. The van der Waals surface area contributed by atoms with Gasteiger partial charge in [0, 0.05) is 19.1 Å². The zero-order chi connectivity index (χ0) is 14.3. The molecule has 0 aromatic heterocycles. The maximum atomic E-state index is 10.7. The van der Waals surface area contributed by atoms with E-state index in [-0.39, 0.29) is 17.3 Å². The van der Waals surface area contributed by atoms with Gasteiger partial charge in [0.1, 0.15) is 5.75 Å². The van der Waals surface area contributed by atoms with Gasteiger partial charge in [-0.15, -0.1) is 0 Å². The number of thioether (sulfide) groups is 1. The van der Waals surface area contributed by atoms with Crippen LogP contribution in [0.15, 0.2) is 18.2 Å². The summed E-state index contributed by atoms with van der Waals surface area (Å²) in [5, 5.41) is 18.3. The van der Waals surface area contributed by atoms with Crippen LogP contribution in [0.3, 0.4) is 0 Å². The van der Waals surface area contributed by atoms with Crippen LogP contribution < -0.4 is 0 Å². The summed E-state index contributed by atoms with van der Waals surface area (Å²) in [6.45, 7) is 1.50. The van der Waals surface area contributed by atoms with Crippen molar-refractivity contribution in [1.82, 2.24) is 0 Å². The van der Waals surface area contributed by atoms with Crippen molar-refractivity contribution in [2.45, 2.75) is 19.8 Å². The number of benzene rings is 1. The largest absolute Gasteiger partial charge is 0.507 e. The van der Waals surface area contributed by atoms with Gasteiger partial charge in [0.15, 0.2) is 5.12 Å². The Hall–Kier alpha value is -1.93. The molecule has 0 saturated heterocycles. The van der Waals surface area contributed by atoms with Crippen molar-refractivity contribution in [3.63, 3.8) is 0 Å². The van der Waals surface area contributed by atoms with Gasteiger partial charge in [0.05, 0.1) is 12.0 Å². The van der Waals surface area contributed by atoms with E-state index in [1.807, 2.05) is 0 Å². The van der Waals surface area contributed by atoms with Gasteiger partial charge >= 0.3 is 5.97 Å². The Morgan fingerprint density at radius 2 is 2.11 bits per heavy atom. The molecule has 0 unspecified atom stereocenters. The summed E-state index contributed by atoms with van der Waals surface area (Å²) in [7, 11) is 0. The Kier molecular flexibility index (Phi) is 5.97. The summed E-state index contributed by atoms with van der Waals surface area (Å²) >= 11 is 1.20. The van der Waals surface area contributed by atoms with Gasteiger partial charge in [-0.3, -0.25) is 9.59 Å². The third-order valence-electron chi connectivity index (χ3n) is 2.17. The molecule has 2 N–H and O–H groups in total.